The molecule has 0 radical (unpaired) electrons. The molecule has 0 amide bonds. The Bertz CT molecular complexity index is 377. The van der Waals surface area contributed by atoms with Crippen LogP contribution in [0.5, 0.6) is 0 Å². The van der Waals surface area contributed by atoms with Crippen LogP contribution >= 0.6 is 11.3 Å². The fourth-order valence-electron chi connectivity index (χ4n) is 1.77. The Morgan fingerprint density at radius 3 is 2.67 bits per heavy atom. The molecule has 0 aliphatic heterocycles. The van der Waals surface area contributed by atoms with E-state index in [0.717, 1.165) is 41.4 Å². The smallest absolute Gasteiger partial charge is 0.175 e. The van der Waals surface area contributed by atoms with Crippen molar-refractivity contribution in [1.82, 2.24) is 10.3 Å². The van der Waals surface area contributed by atoms with E-state index in [9.17, 15) is 4.79 Å². The summed E-state index contributed by atoms with van der Waals surface area (Å²) in [7, 11) is 0. The van der Waals surface area contributed by atoms with Crippen molar-refractivity contribution in [3.63, 3.8) is 0 Å². The van der Waals surface area contributed by atoms with Crippen molar-refractivity contribution in [1.29, 1.82) is 0 Å². The molecule has 1 aromatic rings. The summed E-state index contributed by atoms with van der Waals surface area (Å²) in [4.78, 5) is 17.0. The number of nitrogens with zero attached hydrogens (tertiary/aromatic N) is 1. The molecule has 0 atom stereocenters. The van der Waals surface area contributed by atoms with Gasteiger partial charge in [0.05, 0.1) is 15.6 Å². The summed E-state index contributed by atoms with van der Waals surface area (Å²) in [5, 5.41) is 12.8. The largest absolute Gasteiger partial charge is 0.396 e. The van der Waals surface area contributed by atoms with Gasteiger partial charge in [0.1, 0.15) is 0 Å². The maximum absolute atomic E-state index is 11.9. The fourth-order valence-corrected chi connectivity index (χ4v) is 2.66. The molecule has 5 heteroatoms. The molecule has 2 N–H and O–H groups in total. The van der Waals surface area contributed by atoms with Gasteiger partial charge in [0.15, 0.2) is 5.78 Å². The maximum atomic E-state index is 11.9. The van der Waals surface area contributed by atoms with Gasteiger partial charge in [-0.3, -0.25) is 4.79 Å². The minimum absolute atomic E-state index is 0.181. The Labute approximate surface area is 112 Å². The average Bonchev–Trinajstić information content (AvgIpc) is 2.67. The van der Waals surface area contributed by atoms with Crippen LogP contribution in [0.15, 0.2) is 0 Å². The first-order valence-corrected chi connectivity index (χ1v) is 7.25. The van der Waals surface area contributed by atoms with E-state index < -0.39 is 0 Å². The van der Waals surface area contributed by atoms with Gasteiger partial charge in [0.25, 0.3) is 0 Å². The first kappa shape index (κ1) is 15.3. The lowest BCUT2D eigenvalue weighted by atomic mass is 10.2. The topological polar surface area (TPSA) is 62.2 Å². The Balaban J connectivity index is 2.16. The molecule has 0 unspecified atom stereocenters. The van der Waals surface area contributed by atoms with Gasteiger partial charge in [-0.2, -0.15) is 0 Å². The van der Waals surface area contributed by atoms with Crippen molar-refractivity contribution in [2.45, 2.75) is 39.5 Å². The van der Waals surface area contributed by atoms with Crippen LogP contribution < -0.4 is 5.32 Å². The molecule has 0 aliphatic carbocycles. The van der Waals surface area contributed by atoms with Crippen LogP contribution in [0.2, 0.25) is 0 Å². The maximum Gasteiger partial charge on any atom is 0.175 e. The second-order valence-corrected chi connectivity index (χ2v) is 5.56. The molecule has 0 spiro atoms. The Hall–Kier alpha value is -0.780. The van der Waals surface area contributed by atoms with Gasteiger partial charge < -0.3 is 10.4 Å². The first-order valence-electron chi connectivity index (χ1n) is 6.44. The van der Waals surface area contributed by atoms with Gasteiger partial charge in [-0.25, -0.2) is 4.98 Å². The second-order valence-electron chi connectivity index (χ2n) is 4.35. The lowest BCUT2D eigenvalue weighted by molar-refractivity contribution is 0.0986. The molecular weight excluding hydrogens is 248 g/mol. The highest BCUT2D eigenvalue weighted by atomic mass is 32.1. The van der Waals surface area contributed by atoms with Crippen LogP contribution in [0.4, 0.5) is 0 Å². The molecule has 1 rings (SSSR count). The molecule has 102 valence electrons. The SMILES string of the molecule is Cc1nc(C)c(C(=O)CCNCCCCCO)s1. The third kappa shape index (κ3) is 5.25. The molecule has 0 bridgehead atoms. The van der Waals surface area contributed by atoms with E-state index in [2.05, 4.69) is 10.3 Å². The number of nitrogens with one attached hydrogen (secondary N) is 1. The van der Waals surface area contributed by atoms with E-state index in [-0.39, 0.29) is 12.4 Å². The average molecular weight is 270 g/mol. The standard InChI is InChI=1S/C13H22N2O2S/c1-10-13(18-11(2)15-10)12(17)6-8-14-7-4-3-5-9-16/h14,16H,3-9H2,1-2H3. The predicted octanol–water partition coefficient (Wildman–Crippen LogP) is 2.08. The van der Waals surface area contributed by atoms with Gasteiger partial charge in [-0.05, 0) is 39.7 Å². The highest BCUT2D eigenvalue weighted by molar-refractivity contribution is 7.13. The molecule has 1 heterocycles. The number of thiazole rings is 1. The normalized spacial score (nSPS) is 10.8. The summed E-state index contributed by atoms with van der Waals surface area (Å²) in [5.74, 6) is 0.181. The quantitative estimate of drug-likeness (QED) is 0.533. The minimum Gasteiger partial charge on any atom is -0.396 e. The molecule has 18 heavy (non-hydrogen) atoms. The predicted molar refractivity (Wildman–Crippen MR) is 74.3 cm³/mol. The van der Waals surface area contributed by atoms with Gasteiger partial charge in [-0.1, -0.05) is 0 Å². The minimum atomic E-state index is 0.181. The van der Waals surface area contributed by atoms with Gasteiger partial charge >= 0.3 is 0 Å². The number of rotatable bonds is 9. The number of carbonyl (C=O) groups is 1. The highest BCUT2D eigenvalue weighted by Gasteiger charge is 2.12. The van der Waals surface area contributed by atoms with Crippen molar-refractivity contribution in [3.05, 3.63) is 15.6 Å². The van der Waals surface area contributed by atoms with Crippen LogP contribution in [-0.2, 0) is 0 Å². The van der Waals surface area contributed by atoms with Crippen LogP contribution in [0, 0.1) is 13.8 Å². The lowest BCUT2D eigenvalue weighted by Crippen LogP contribution is -2.19. The highest BCUT2D eigenvalue weighted by Crippen LogP contribution is 2.18. The van der Waals surface area contributed by atoms with Crippen LogP contribution in [0.1, 0.15) is 46.1 Å². The molecule has 1 aromatic heterocycles. The van der Waals surface area contributed by atoms with E-state index >= 15 is 0 Å². The Kier molecular flexibility index (Phi) is 7.08. The van der Waals surface area contributed by atoms with E-state index in [1.165, 1.54) is 11.3 Å². The number of Topliss-reactive ketones (excluding diaryl/α,β-unsaturated/α-hetero) is 1. The first-order chi connectivity index (χ1) is 8.65. The summed E-state index contributed by atoms with van der Waals surface area (Å²) in [6.07, 6.45) is 3.47. The van der Waals surface area contributed by atoms with Crippen molar-refractivity contribution in [2.75, 3.05) is 19.7 Å². The van der Waals surface area contributed by atoms with E-state index in [1.54, 1.807) is 0 Å². The third-order valence-electron chi connectivity index (χ3n) is 2.70. The van der Waals surface area contributed by atoms with Gasteiger partial charge in [-0.15, -0.1) is 11.3 Å². The van der Waals surface area contributed by atoms with Crippen LogP contribution in [0.3, 0.4) is 0 Å². The number of hydrogen-bond acceptors (Lipinski definition) is 5. The summed E-state index contributed by atoms with van der Waals surface area (Å²) in [6.45, 7) is 5.71. The van der Waals surface area contributed by atoms with Gasteiger partial charge in [0.2, 0.25) is 0 Å². The number of hydrogen-bond donors (Lipinski definition) is 2. The second kappa shape index (κ2) is 8.34. The summed E-state index contributed by atoms with van der Waals surface area (Å²) < 4.78 is 0. The number of aromatic nitrogens is 1. The zero-order chi connectivity index (χ0) is 13.4. The number of unbranched alkanes of at least 4 members (excludes halogenated alkanes) is 2. The Morgan fingerprint density at radius 2 is 2.06 bits per heavy atom. The van der Waals surface area contributed by atoms with Crippen LogP contribution in [0.25, 0.3) is 0 Å². The molecule has 0 aromatic carbocycles. The van der Waals surface area contributed by atoms with Gasteiger partial charge in [0, 0.05) is 19.6 Å². The summed E-state index contributed by atoms with van der Waals surface area (Å²) in [6, 6.07) is 0. The molecule has 4 nitrogen and oxygen atoms in total. The number of ketones is 1. The van der Waals surface area contributed by atoms with E-state index in [4.69, 9.17) is 5.11 Å². The molecular formula is C13H22N2O2S. The van der Waals surface area contributed by atoms with E-state index in [1.807, 2.05) is 13.8 Å². The van der Waals surface area contributed by atoms with Crippen molar-refractivity contribution >= 4 is 17.1 Å². The zero-order valence-electron chi connectivity index (χ0n) is 11.2. The number of aryl methyl sites for hydroxylation is 2. The van der Waals surface area contributed by atoms with E-state index in [0.29, 0.717) is 13.0 Å². The van der Waals surface area contributed by atoms with Crippen molar-refractivity contribution in [3.8, 4) is 0 Å². The van der Waals surface area contributed by atoms with Crippen molar-refractivity contribution in [2.24, 2.45) is 0 Å². The number of carbonyl (C=O) groups excluding carboxylic acids is 1. The summed E-state index contributed by atoms with van der Waals surface area (Å²) in [5.41, 5.74) is 0.852. The molecule has 0 saturated heterocycles. The van der Waals surface area contributed by atoms with Crippen molar-refractivity contribution < 1.29 is 9.90 Å². The lowest BCUT2D eigenvalue weighted by Gasteiger charge is -2.03. The number of aliphatic hydroxyl groups excluding tert-OH is 1. The summed E-state index contributed by atoms with van der Waals surface area (Å²) >= 11 is 1.48. The molecule has 0 saturated carbocycles. The fraction of sp³-hybridized carbons (Fsp3) is 0.692. The molecule has 0 fully saturated rings. The monoisotopic (exact) mass is 270 g/mol. The van der Waals surface area contributed by atoms with Crippen LogP contribution in [-0.4, -0.2) is 35.6 Å². The Morgan fingerprint density at radius 1 is 1.28 bits per heavy atom. The zero-order valence-corrected chi connectivity index (χ0v) is 12.0. The third-order valence-corrected chi connectivity index (χ3v) is 3.81. The number of aliphatic hydroxyl groups is 1. The molecule has 0 aliphatic rings.